The monoisotopic (exact) mass is 348 g/mol. The number of amides is 1. The molecule has 1 aromatic heterocycles. The number of hydrogen-bond donors (Lipinski definition) is 2. The van der Waals surface area contributed by atoms with Crippen molar-refractivity contribution in [2.45, 2.75) is 0 Å². The third-order valence-electron chi connectivity index (χ3n) is 3.36. The Morgan fingerprint density at radius 2 is 1.76 bits per heavy atom. The molecule has 0 unspecified atom stereocenters. The van der Waals surface area contributed by atoms with Crippen LogP contribution in [0.4, 0.5) is 17.1 Å². The van der Waals surface area contributed by atoms with Crippen molar-refractivity contribution in [3.63, 3.8) is 0 Å². The summed E-state index contributed by atoms with van der Waals surface area (Å²) >= 11 is 5.97. The molecule has 3 rings (SSSR count). The summed E-state index contributed by atoms with van der Waals surface area (Å²) in [4.78, 5) is 16.5. The van der Waals surface area contributed by atoms with E-state index >= 15 is 0 Å². The van der Waals surface area contributed by atoms with Crippen molar-refractivity contribution in [3.8, 4) is 6.07 Å². The Morgan fingerprint density at radius 3 is 2.56 bits per heavy atom. The molecular formula is C19H13ClN4O. The fraction of sp³-hybridized carbons (Fsp3) is 0. The normalized spacial score (nSPS) is 9.92. The van der Waals surface area contributed by atoms with Crippen molar-refractivity contribution in [1.82, 2.24) is 4.98 Å². The first-order valence-electron chi connectivity index (χ1n) is 7.44. The molecule has 0 bridgehead atoms. The zero-order valence-electron chi connectivity index (χ0n) is 13.0. The zero-order chi connectivity index (χ0) is 17.6. The van der Waals surface area contributed by atoms with E-state index in [1.807, 2.05) is 18.2 Å². The van der Waals surface area contributed by atoms with Gasteiger partial charge in [0.1, 0.15) is 5.69 Å². The topological polar surface area (TPSA) is 77.8 Å². The quantitative estimate of drug-likeness (QED) is 0.722. The van der Waals surface area contributed by atoms with Crippen molar-refractivity contribution in [3.05, 3.63) is 83.1 Å². The number of carbonyl (C=O) groups is 1. The maximum absolute atomic E-state index is 12.4. The van der Waals surface area contributed by atoms with Gasteiger partial charge in [-0.05, 0) is 48.5 Å². The van der Waals surface area contributed by atoms with E-state index in [2.05, 4.69) is 15.6 Å². The van der Waals surface area contributed by atoms with E-state index in [4.69, 9.17) is 16.9 Å². The number of nitrogens with zero attached hydrogens (tertiary/aromatic N) is 2. The summed E-state index contributed by atoms with van der Waals surface area (Å²) in [5.74, 6) is -0.357. The molecule has 1 heterocycles. The SMILES string of the molecule is N#Cc1cccc(NC(=O)c2cc(Nc3cccc(Cl)c3)ccn2)c1. The van der Waals surface area contributed by atoms with Crippen LogP contribution in [0.1, 0.15) is 16.1 Å². The number of rotatable bonds is 4. The summed E-state index contributed by atoms with van der Waals surface area (Å²) < 4.78 is 0. The van der Waals surface area contributed by atoms with Crippen molar-refractivity contribution in [2.75, 3.05) is 10.6 Å². The van der Waals surface area contributed by atoms with Crippen LogP contribution in [0.5, 0.6) is 0 Å². The molecule has 0 saturated carbocycles. The van der Waals surface area contributed by atoms with Gasteiger partial charge in [-0.2, -0.15) is 5.26 Å². The van der Waals surface area contributed by atoms with Crippen LogP contribution in [-0.4, -0.2) is 10.9 Å². The Bertz CT molecular complexity index is 965. The van der Waals surface area contributed by atoms with Gasteiger partial charge in [-0.25, -0.2) is 0 Å². The predicted octanol–water partition coefficient (Wildman–Crippen LogP) is 4.60. The van der Waals surface area contributed by atoms with Gasteiger partial charge in [-0.15, -0.1) is 0 Å². The van der Waals surface area contributed by atoms with E-state index in [-0.39, 0.29) is 11.6 Å². The highest BCUT2D eigenvalue weighted by atomic mass is 35.5. The number of hydrogen-bond acceptors (Lipinski definition) is 4. The van der Waals surface area contributed by atoms with Gasteiger partial charge in [0.15, 0.2) is 0 Å². The zero-order valence-corrected chi connectivity index (χ0v) is 13.8. The van der Waals surface area contributed by atoms with Gasteiger partial charge < -0.3 is 10.6 Å². The minimum Gasteiger partial charge on any atom is -0.355 e. The van der Waals surface area contributed by atoms with Crippen molar-refractivity contribution in [2.24, 2.45) is 0 Å². The highest BCUT2D eigenvalue weighted by molar-refractivity contribution is 6.30. The number of pyridine rings is 1. The Balaban J connectivity index is 1.76. The van der Waals surface area contributed by atoms with Gasteiger partial charge in [0.2, 0.25) is 0 Å². The van der Waals surface area contributed by atoms with E-state index < -0.39 is 0 Å². The van der Waals surface area contributed by atoms with E-state index in [9.17, 15) is 4.79 Å². The molecule has 3 aromatic rings. The molecule has 0 aliphatic heterocycles. The van der Waals surface area contributed by atoms with Gasteiger partial charge in [-0.1, -0.05) is 23.7 Å². The number of aromatic nitrogens is 1. The number of halogens is 1. The summed E-state index contributed by atoms with van der Waals surface area (Å²) in [7, 11) is 0. The lowest BCUT2D eigenvalue weighted by molar-refractivity contribution is 0.102. The molecular weight excluding hydrogens is 336 g/mol. The highest BCUT2D eigenvalue weighted by Gasteiger charge is 2.09. The maximum Gasteiger partial charge on any atom is 0.274 e. The van der Waals surface area contributed by atoms with E-state index in [1.54, 1.807) is 54.7 Å². The van der Waals surface area contributed by atoms with Crippen molar-refractivity contribution in [1.29, 1.82) is 5.26 Å². The molecule has 0 aliphatic rings. The minimum absolute atomic E-state index is 0.259. The molecule has 2 aromatic carbocycles. The maximum atomic E-state index is 12.4. The molecule has 5 nitrogen and oxygen atoms in total. The van der Waals surface area contributed by atoms with Crippen LogP contribution in [0.3, 0.4) is 0 Å². The highest BCUT2D eigenvalue weighted by Crippen LogP contribution is 2.20. The summed E-state index contributed by atoms with van der Waals surface area (Å²) in [5, 5.41) is 15.4. The Labute approximate surface area is 149 Å². The second kappa shape index (κ2) is 7.47. The van der Waals surface area contributed by atoms with E-state index in [1.165, 1.54) is 0 Å². The van der Waals surface area contributed by atoms with E-state index in [0.717, 1.165) is 5.69 Å². The first kappa shape index (κ1) is 16.5. The first-order valence-corrected chi connectivity index (χ1v) is 7.82. The van der Waals surface area contributed by atoms with Gasteiger partial charge in [0, 0.05) is 28.3 Å². The standard InChI is InChI=1S/C19H13ClN4O/c20-14-4-2-6-16(10-14)23-17-7-8-22-18(11-17)19(25)24-15-5-1-3-13(9-15)12-21/h1-11H,(H,22,23)(H,24,25). The molecule has 0 saturated heterocycles. The Kier molecular flexibility index (Phi) is 4.93. The molecule has 0 spiro atoms. The summed E-state index contributed by atoms with van der Waals surface area (Å²) in [6, 6.07) is 19.4. The van der Waals surface area contributed by atoms with Crippen LogP contribution >= 0.6 is 11.6 Å². The van der Waals surface area contributed by atoms with Gasteiger partial charge in [-0.3, -0.25) is 9.78 Å². The number of nitrogens with one attached hydrogen (secondary N) is 2. The summed E-state index contributed by atoms with van der Waals surface area (Å²) in [6.07, 6.45) is 1.55. The van der Waals surface area contributed by atoms with Gasteiger partial charge in [0.25, 0.3) is 5.91 Å². The first-order chi connectivity index (χ1) is 12.1. The molecule has 25 heavy (non-hydrogen) atoms. The summed E-state index contributed by atoms with van der Waals surface area (Å²) in [5.41, 5.74) is 2.80. The Morgan fingerprint density at radius 1 is 1.00 bits per heavy atom. The minimum atomic E-state index is -0.357. The summed E-state index contributed by atoms with van der Waals surface area (Å²) in [6.45, 7) is 0. The van der Waals surface area contributed by atoms with Gasteiger partial charge in [0.05, 0.1) is 11.6 Å². The number of carbonyl (C=O) groups excluding carboxylic acids is 1. The van der Waals surface area contributed by atoms with Crippen LogP contribution in [0.25, 0.3) is 0 Å². The molecule has 0 aliphatic carbocycles. The lowest BCUT2D eigenvalue weighted by Gasteiger charge is -2.09. The average Bonchev–Trinajstić information content (AvgIpc) is 2.62. The van der Waals surface area contributed by atoms with E-state index in [0.29, 0.717) is 22.0 Å². The van der Waals surface area contributed by atoms with Crippen LogP contribution in [0, 0.1) is 11.3 Å². The van der Waals surface area contributed by atoms with Crippen LogP contribution < -0.4 is 10.6 Å². The molecule has 0 atom stereocenters. The smallest absolute Gasteiger partial charge is 0.274 e. The molecule has 2 N–H and O–H groups in total. The van der Waals surface area contributed by atoms with Crippen LogP contribution in [0.15, 0.2) is 66.9 Å². The number of benzene rings is 2. The molecule has 0 radical (unpaired) electrons. The third kappa shape index (κ3) is 4.34. The fourth-order valence-corrected chi connectivity index (χ4v) is 2.42. The molecule has 6 heteroatoms. The average molecular weight is 349 g/mol. The molecule has 0 fully saturated rings. The van der Waals surface area contributed by atoms with Crippen LogP contribution in [-0.2, 0) is 0 Å². The molecule has 122 valence electrons. The number of anilines is 3. The van der Waals surface area contributed by atoms with Crippen molar-refractivity contribution < 1.29 is 4.79 Å². The van der Waals surface area contributed by atoms with Crippen molar-refractivity contribution >= 4 is 34.6 Å². The van der Waals surface area contributed by atoms with Gasteiger partial charge >= 0.3 is 0 Å². The lowest BCUT2D eigenvalue weighted by Crippen LogP contribution is -2.13. The third-order valence-corrected chi connectivity index (χ3v) is 3.59. The second-order valence-electron chi connectivity index (χ2n) is 5.21. The molecule has 1 amide bonds. The second-order valence-corrected chi connectivity index (χ2v) is 5.65. The Hall–Kier alpha value is -3.36. The van der Waals surface area contributed by atoms with Crippen LogP contribution in [0.2, 0.25) is 5.02 Å². The number of nitriles is 1. The predicted molar refractivity (Wildman–Crippen MR) is 98.1 cm³/mol. The lowest BCUT2D eigenvalue weighted by atomic mass is 10.2. The fourth-order valence-electron chi connectivity index (χ4n) is 2.23. The largest absolute Gasteiger partial charge is 0.355 e.